The van der Waals surface area contributed by atoms with Crippen molar-refractivity contribution >= 4 is 17.1 Å². The van der Waals surface area contributed by atoms with E-state index in [-0.39, 0.29) is 10.8 Å². The van der Waals surface area contributed by atoms with Gasteiger partial charge in [0.25, 0.3) is 0 Å². The van der Waals surface area contributed by atoms with E-state index < -0.39 is 0 Å². The summed E-state index contributed by atoms with van der Waals surface area (Å²) >= 11 is 0. The van der Waals surface area contributed by atoms with Crippen LogP contribution < -0.4 is 4.90 Å². The van der Waals surface area contributed by atoms with Crippen molar-refractivity contribution in [2.75, 3.05) is 4.90 Å². The van der Waals surface area contributed by atoms with Crippen LogP contribution in [-0.4, -0.2) is 0 Å². The molecule has 1 atom stereocenters. The highest BCUT2D eigenvalue weighted by Gasteiger charge is 2.48. The molecule has 0 bridgehead atoms. The molecule has 1 nitrogen and oxygen atoms in total. The van der Waals surface area contributed by atoms with Crippen LogP contribution in [0.2, 0.25) is 0 Å². The van der Waals surface area contributed by atoms with Gasteiger partial charge in [-0.3, -0.25) is 0 Å². The number of fused-ring (bicyclic) bond motifs is 10. The molecule has 3 aliphatic rings. The second-order valence-electron chi connectivity index (χ2n) is 19.2. The fourth-order valence-corrected chi connectivity index (χ4v) is 12.2. The van der Waals surface area contributed by atoms with Gasteiger partial charge in [-0.2, -0.15) is 0 Å². The Labute approximate surface area is 394 Å². The van der Waals surface area contributed by atoms with Crippen molar-refractivity contribution in [2.24, 2.45) is 0 Å². The van der Waals surface area contributed by atoms with Gasteiger partial charge in [-0.25, -0.2) is 0 Å². The van der Waals surface area contributed by atoms with Crippen molar-refractivity contribution in [1.82, 2.24) is 0 Å². The minimum absolute atomic E-state index is 0.101. The number of nitrogens with zero attached hydrogens (tertiary/aromatic N) is 1. The van der Waals surface area contributed by atoms with E-state index in [9.17, 15) is 0 Å². The van der Waals surface area contributed by atoms with Crippen molar-refractivity contribution in [3.05, 3.63) is 270 Å². The van der Waals surface area contributed by atoms with E-state index in [0.717, 1.165) is 29.9 Å². The van der Waals surface area contributed by atoms with Gasteiger partial charge in [0.1, 0.15) is 0 Å². The molecule has 3 aliphatic carbocycles. The first kappa shape index (κ1) is 39.4. The van der Waals surface area contributed by atoms with E-state index in [4.69, 9.17) is 0 Å². The highest BCUT2D eigenvalue weighted by Crippen LogP contribution is 2.59. The van der Waals surface area contributed by atoms with Crippen LogP contribution in [0.1, 0.15) is 53.6 Å². The smallest absolute Gasteiger partial charge is 0.0470 e. The number of hydrogen-bond acceptors (Lipinski definition) is 1. The molecule has 1 spiro atoms. The molecule has 1 unspecified atom stereocenters. The molecule has 0 aromatic heterocycles. The molecule has 10 aromatic rings. The van der Waals surface area contributed by atoms with Crippen molar-refractivity contribution in [3.8, 4) is 66.8 Å². The van der Waals surface area contributed by atoms with Crippen LogP contribution in [0.3, 0.4) is 0 Å². The van der Waals surface area contributed by atoms with Gasteiger partial charge in [0, 0.05) is 27.9 Å². The predicted octanol–water partition coefficient (Wildman–Crippen LogP) is 17.4. The lowest BCUT2D eigenvalue weighted by molar-refractivity contribution is 0.626. The number of rotatable bonds is 7. The molecule has 67 heavy (non-hydrogen) atoms. The maximum Gasteiger partial charge on any atom is 0.0470 e. The van der Waals surface area contributed by atoms with Gasteiger partial charge < -0.3 is 4.90 Å². The van der Waals surface area contributed by atoms with E-state index in [1.54, 1.807) is 0 Å². The van der Waals surface area contributed by atoms with Crippen molar-refractivity contribution in [3.63, 3.8) is 0 Å². The Hall–Kier alpha value is -8.00. The molecule has 0 saturated heterocycles. The lowest BCUT2D eigenvalue weighted by atomic mass is 9.73. The van der Waals surface area contributed by atoms with Gasteiger partial charge in [-0.1, -0.05) is 214 Å². The topological polar surface area (TPSA) is 3.24 Å². The van der Waals surface area contributed by atoms with E-state index in [0.29, 0.717) is 0 Å². The second kappa shape index (κ2) is 15.3. The van der Waals surface area contributed by atoms with Crippen molar-refractivity contribution in [2.45, 2.75) is 37.5 Å². The van der Waals surface area contributed by atoms with Crippen LogP contribution in [0.5, 0.6) is 0 Å². The number of hydrogen-bond donors (Lipinski definition) is 0. The molecule has 13 rings (SSSR count). The molecular weight excluding hydrogens is 807 g/mol. The second-order valence-corrected chi connectivity index (χ2v) is 19.2. The van der Waals surface area contributed by atoms with Crippen LogP contribution in [0.15, 0.2) is 237 Å². The Balaban J connectivity index is 0.927. The Kier molecular flexibility index (Phi) is 8.99. The van der Waals surface area contributed by atoms with Crippen LogP contribution in [0.25, 0.3) is 66.8 Å². The van der Waals surface area contributed by atoms with Crippen molar-refractivity contribution in [1.29, 1.82) is 0 Å². The minimum Gasteiger partial charge on any atom is -0.310 e. The van der Waals surface area contributed by atoms with Gasteiger partial charge >= 0.3 is 0 Å². The van der Waals surface area contributed by atoms with Gasteiger partial charge in [-0.05, 0) is 149 Å². The van der Waals surface area contributed by atoms with Crippen LogP contribution in [-0.2, 0) is 17.3 Å². The standard InChI is InChI=1S/C66H49N/c1-65(2)61-25-12-9-21-57(61)59-23-14-22-55(64(59)65)48-33-37-51(38-34-48)67(52-39-40-58-56-20-10-13-26-62(56)66(63(58)43-52)42-41-49-17-6-11-24-60(49)66)50-35-31-47(32-36-50)54-19-8-7-18-53(54)46-29-27-45(28-30-46)44-15-4-3-5-16-44/h3-40,43H,41-42H2,1-2H3. The molecule has 0 heterocycles. The molecule has 0 fully saturated rings. The average molecular weight is 856 g/mol. The highest BCUT2D eigenvalue weighted by molar-refractivity contribution is 5.92. The number of aryl methyl sites for hydroxylation is 1. The zero-order valence-electron chi connectivity index (χ0n) is 37.9. The molecule has 1 heteroatoms. The zero-order chi connectivity index (χ0) is 44.7. The third-order valence-electron chi connectivity index (χ3n) is 15.3. The first-order chi connectivity index (χ1) is 33.0. The largest absolute Gasteiger partial charge is 0.310 e. The van der Waals surface area contributed by atoms with E-state index in [2.05, 4.69) is 255 Å². The van der Waals surface area contributed by atoms with Gasteiger partial charge in [0.2, 0.25) is 0 Å². The third kappa shape index (κ3) is 6.08. The Morgan fingerprint density at radius 1 is 0.313 bits per heavy atom. The van der Waals surface area contributed by atoms with Gasteiger partial charge in [0.05, 0.1) is 0 Å². The van der Waals surface area contributed by atoms with Gasteiger partial charge in [-0.15, -0.1) is 0 Å². The number of benzene rings is 10. The summed E-state index contributed by atoms with van der Waals surface area (Å²) in [7, 11) is 0. The summed E-state index contributed by atoms with van der Waals surface area (Å²) < 4.78 is 0. The molecule has 318 valence electrons. The highest BCUT2D eigenvalue weighted by atomic mass is 15.1. The summed E-state index contributed by atoms with van der Waals surface area (Å²) in [5, 5.41) is 0. The Morgan fingerprint density at radius 2 is 0.761 bits per heavy atom. The molecular formula is C66H49N. The molecule has 0 saturated carbocycles. The Bertz CT molecular complexity index is 3520. The lowest BCUT2D eigenvalue weighted by Crippen LogP contribution is -2.24. The molecule has 0 N–H and O–H groups in total. The van der Waals surface area contributed by atoms with Crippen LogP contribution >= 0.6 is 0 Å². The fourth-order valence-electron chi connectivity index (χ4n) is 12.2. The molecule has 10 aromatic carbocycles. The summed E-state index contributed by atoms with van der Waals surface area (Å²) in [6, 6.07) is 88.2. The first-order valence-corrected chi connectivity index (χ1v) is 23.8. The van der Waals surface area contributed by atoms with Crippen molar-refractivity contribution < 1.29 is 0 Å². The summed E-state index contributed by atoms with van der Waals surface area (Å²) in [5.74, 6) is 0. The van der Waals surface area contributed by atoms with E-state index in [1.807, 2.05) is 0 Å². The van der Waals surface area contributed by atoms with Gasteiger partial charge in [0.15, 0.2) is 0 Å². The van der Waals surface area contributed by atoms with Crippen LogP contribution in [0, 0.1) is 0 Å². The molecule has 0 amide bonds. The lowest BCUT2D eigenvalue weighted by Gasteiger charge is -2.31. The quantitative estimate of drug-likeness (QED) is 0.154. The predicted molar refractivity (Wildman–Crippen MR) is 281 cm³/mol. The monoisotopic (exact) mass is 855 g/mol. The average Bonchev–Trinajstić information content (AvgIpc) is 4.00. The normalized spacial score (nSPS) is 15.7. The number of anilines is 3. The summed E-state index contributed by atoms with van der Waals surface area (Å²) in [4.78, 5) is 2.47. The Morgan fingerprint density at radius 3 is 1.43 bits per heavy atom. The molecule has 0 aliphatic heterocycles. The van der Waals surface area contributed by atoms with Crippen LogP contribution in [0.4, 0.5) is 17.1 Å². The van der Waals surface area contributed by atoms with E-state index >= 15 is 0 Å². The third-order valence-corrected chi connectivity index (χ3v) is 15.3. The SMILES string of the molecule is CC1(C)c2ccccc2-c2cccc(-c3ccc(N(c4ccc(-c5ccccc5-c5ccc(-c6ccccc6)cc5)cc4)c4ccc5c(c4)C4(CCc6ccccc64)c4ccccc4-5)cc3)c21. The maximum atomic E-state index is 2.51. The molecule has 0 radical (unpaired) electrons. The summed E-state index contributed by atoms with van der Waals surface area (Å²) in [6.45, 7) is 4.76. The maximum absolute atomic E-state index is 2.51. The first-order valence-electron chi connectivity index (χ1n) is 23.8. The summed E-state index contributed by atoms with van der Waals surface area (Å²) in [6.07, 6.45) is 2.14. The zero-order valence-corrected chi connectivity index (χ0v) is 37.9. The van der Waals surface area contributed by atoms with E-state index in [1.165, 1.54) is 100 Å². The fraction of sp³-hybridized carbons (Fsp3) is 0.0909. The summed E-state index contributed by atoms with van der Waals surface area (Å²) in [5.41, 5.74) is 26.9. The minimum atomic E-state index is -0.182.